The van der Waals surface area contributed by atoms with Gasteiger partial charge < -0.3 is 14.2 Å². The Hall–Kier alpha value is -0.900. The third-order valence-electron chi connectivity index (χ3n) is 3.52. The van der Waals surface area contributed by atoms with E-state index in [4.69, 9.17) is 14.2 Å². The molecule has 92 valence electrons. The lowest BCUT2D eigenvalue weighted by Gasteiger charge is -2.31. The highest BCUT2D eigenvalue weighted by atomic mass is 16.7. The van der Waals surface area contributed by atoms with E-state index in [2.05, 4.69) is 19.1 Å². The minimum absolute atomic E-state index is 0.00317. The zero-order valence-corrected chi connectivity index (χ0v) is 10.0. The van der Waals surface area contributed by atoms with E-state index in [-0.39, 0.29) is 18.5 Å². The van der Waals surface area contributed by atoms with Crippen LogP contribution >= 0.6 is 0 Å². The molecule has 2 heterocycles. The molecular formula is C14H18O3. The number of fused-ring (bicyclic) bond motifs is 2. The zero-order valence-electron chi connectivity index (χ0n) is 10.0. The van der Waals surface area contributed by atoms with Gasteiger partial charge in [-0.05, 0) is 12.0 Å². The van der Waals surface area contributed by atoms with Crippen molar-refractivity contribution in [3.05, 3.63) is 35.9 Å². The number of ether oxygens (including phenoxy) is 3. The quantitative estimate of drug-likeness (QED) is 0.803. The molecule has 0 aromatic heterocycles. The number of hydrogen-bond donors (Lipinski definition) is 0. The summed E-state index contributed by atoms with van der Waals surface area (Å²) in [6.45, 7) is 3.49. The van der Waals surface area contributed by atoms with Gasteiger partial charge in [-0.1, -0.05) is 37.3 Å². The Bertz CT molecular complexity index is 365. The molecule has 0 unspecified atom stereocenters. The molecule has 17 heavy (non-hydrogen) atoms. The third kappa shape index (κ3) is 2.37. The predicted octanol–water partition coefficient (Wildman–Crippen LogP) is 2.35. The second kappa shape index (κ2) is 4.77. The molecule has 3 heteroatoms. The third-order valence-corrected chi connectivity index (χ3v) is 3.52. The lowest BCUT2D eigenvalue weighted by atomic mass is 9.98. The fraction of sp³-hybridized carbons (Fsp3) is 0.571. The number of rotatable bonds is 3. The fourth-order valence-electron chi connectivity index (χ4n) is 2.52. The topological polar surface area (TPSA) is 27.7 Å². The largest absolute Gasteiger partial charge is 0.371 e. The van der Waals surface area contributed by atoms with Gasteiger partial charge in [-0.2, -0.15) is 0 Å². The van der Waals surface area contributed by atoms with Gasteiger partial charge in [-0.3, -0.25) is 0 Å². The van der Waals surface area contributed by atoms with Crippen LogP contribution in [0.5, 0.6) is 0 Å². The molecule has 0 radical (unpaired) electrons. The summed E-state index contributed by atoms with van der Waals surface area (Å²) in [6, 6.07) is 10.3. The van der Waals surface area contributed by atoms with Gasteiger partial charge in [0.1, 0.15) is 6.10 Å². The van der Waals surface area contributed by atoms with Crippen molar-refractivity contribution in [2.75, 3.05) is 6.61 Å². The molecule has 2 saturated heterocycles. The lowest BCUT2D eigenvalue weighted by molar-refractivity contribution is -0.165. The van der Waals surface area contributed by atoms with Crippen molar-refractivity contribution in [2.24, 2.45) is 5.92 Å². The summed E-state index contributed by atoms with van der Waals surface area (Å²) in [5.41, 5.74) is 1.21. The summed E-state index contributed by atoms with van der Waals surface area (Å²) in [6.07, 6.45) is 1.32. The molecule has 1 aromatic carbocycles. The summed E-state index contributed by atoms with van der Waals surface area (Å²) in [5.74, 6) is 0.425. The van der Waals surface area contributed by atoms with E-state index in [1.165, 1.54) is 5.56 Å². The number of hydrogen-bond acceptors (Lipinski definition) is 3. The zero-order chi connectivity index (χ0) is 11.7. The van der Waals surface area contributed by atoms with Crippen molar-refractivity contribution < 1.29 is 14.2 Å². The molecule has 0 aliphatic carbocycles. The van der Waals surface area contributed by atoms with Gasteiger partial charge in [0.2, 0.25) is 0 Å². The predicted molar refractivity (Wildman–Crippen MR) is 63.4 cm³/mol. The first-order valence-corrected chi connectivity index (χ1v) is 6.25. The molecule has 2 aliphatic rings. The van der Waals surface area contributed by atoms with Gasteiger partial charge in [-0.25, -0.2) is 0 Å². The Morgan fingerprint density at radius 3 is 2.94 bits per heavy atom. The summed E-state index contributed by atoms with van der Waals surface area (Å²) in [4.78, 5) is 0. The standard InChI is InChI=1S/C14H18O3/c1-10-7-12(13-9-16-14(10)17-13)15-8-11-5-3-2-4-6-11/h2-6,10,12-14H,7-9H2,1H3/t10-,12+,13-,14-/m1/s1. The van der Waals surface area contributed by atoms with Gasteiger partial charge in [0.15, 0.2) is 6.29 Å². The van der Waals surface area contributed by atoms with E-state index in [1.807, 2.05) is 18.2 Å². The Labute approximate surface area is 102 Å². The van der Waals surface area contributed by atoms with Crippen LogP contribution in [0.15, 0.2) is 30.3 Å². The first kappa shape index (κ1) is 11.2. The molecule has 0 amide bonds. The monoisotopic (exact) mass is 234 g/mol. The average molecular weight is 234 g/mol. The van der Waals surface area contributed by atoms with E-state index < -0.39 is 0 Å². The van der Waals surface area contributed by atoms with Crippen molar-refractivity contribution in [3.63, 3.8) is 0 Å². The van der Waals surface area contributed by atoms with Crippen molar-refractivity contribution in [1.29, 1.82) is 0 Å². The highest BCUT2D eigenvalue weighted by Crippen LogP contribution is 2.33. The van der Waals surface area contributed by atoms with Crippen molar-refractivity contribution in [1.82, 2.24) is 0 Å². The van der Waals surface area contributed by atoms with Gasteiger partial charge in [0.25, 0.3) is 0 Å². The van der Waals surface area contributed by atoms with Crippen LogP contribution in [-0.2, 0) is 20.8 Å². The Morgan fingerprint density at radius 1 is 1.29 bits per heavy atom. The van der Waals surface area contributed by atoms with Gasteiger partial charge in [0, 0.05) is 5.92 Å². The molecule has 2 aliphatic heterocycles. The molecule has 3 nitrogen and oxygen atoms in total. The van der Waals surface area contributed by atoms with Crippen LogP contribution in [-0.4, -0.2) is 25.1 Å². The van der Waals surface area contributed by atoms with E-state index in [1.54, 1.807) is 0 Å². The van der Waals surface area contributed by atoms with Crippen molar-refractivity contribution in [3.8, 4) is 0 Å². The lowest BCUT2D eigenvalue weighted by Crippen LogP contribution is -2.39. The summed E-state index contributed by atoms with van der Waals surface area (Å²) < 4.78 is 17.3. The average Bonchev–Trinajstić information content (AvgIpc) is 2.80. The van der Waals surface area contributed by atoms with E-state index in [9.17, 15) is 0 Å². The Balaban J connectivity index is 1.58. The molecule has 1 aromatic rings. The van der Waals surface area contributed by atoms with Crippen molar-refractivity contribution in [2.45, 2.75) is 38.4 Å². The highest BCUT2D eigenvalue weighted by Gasteiger charge is 2.42. The van der Waals surface area contributed by atoms with Crippen LogP contribution in [0.2, 0.25) is 0 Å². The maximum atomic E-state index is 5.96. The SMILES string of the molecule is C[C@@H]1C[C@H](OCc2ccccc2)[C@H]2CO[C@@H]1O2. The highest BCUT2D eigenvalue weighted by molar-refractivity contribution is 5.13. The van der Waals surface area contributed by atoms with Gasteiger partial charge in [0.05, 0.1) is 19.3 Å². The molecule has 2 bridgehead atoms. The maximum Gasteiger partial charge on any atom is 0.160 e. The van der Waals surface area contributed by atoms with Crippen molar-refractivity contribution >= 4 is 0 Å². The van der Waals surface area contributed by atoms with Crippen LogP contribution < -0.4 is 0 Å². The van der Waals surface area contributed by atoms with Crippen LogP contribution in [0, 0.1) is 5.92 Å². The Morgan fingerprint density at radius 2 is 2.12 bits per heavy atom. The molecule has 2 fully saturated rings. The second-order valence-corrected chi connectivity index (χ2v) is 4.92. The smallest absolute Gasteiger partial charge is 0.160 e. The first-order valence-electron chi connectivity index (χ1n) is 6.25. The van der Waals surface area contributed by atoms with E-state index in [0.717, 1.165) is 6.42 Å². The van der Waals surface area contributed by atoms with E-state index >= 15 is 0 Å². The summed E-state index contributed by atoms with van der Waals surface area (Å²) in [7, 11) is 0. The maximum absolute atomic E-state index is 5.96. The minimum atomic E-state index is -0.00317. The summed E-state index contributed by atoms with van der Waals surface area (Å²) >= 11 is 0. The molecule has 0 saturated carbocycles. The van der Waals surface area contributed by atoms with Gasteiger partial charge in [-0.15, -0.1) is 0 Å². The van der Waals surface area contributed by atoms with Gasteiger partial charge >= 0.3 is 0 Å². The molecule has 0 N–H and O–H groups in total. The molecule has 3 rings (SSSR count). The van der Waals surface area contributed by atoms with Crippen LogP contribution in [0.3, 0.4) is 0 Å². The minimum Gasteiger partial charge on any atom is -0.371 e. The van der Waals surface area contributed by atoms with Crippen LogP contribution in [0.1, 0.15) is 18.9 Å². The normalized spacial score (nSPS) is 36.1. The number of benzene rings is 1. The molecule has 0 spiro atoms. The molecular weight excluding hydrogens is 216 g/mol. The Kier molecular flexibility index (Phi) is 3.14. The second-order valence-electron chi connectivity index (χ2n) is 4.92. The molecule has 4 atom stereocenters. The summed E-state index contributed by atoms with van der Waals surface area (Å²) in [5, 5.41) is 0. The van der Waals surface area contributed by atoms with Crippen LogP contribution in [0.4, 0.5) is 0 Å². The van der Waals surface area contributed by atoms with E-state index in [0.29, 0.717) is 19.1 Å². The first-order chi connectivity index (χ1) is 8.33. The van der Waals surface area contributed by atoms with Crippen LogP contribution in [0.25, 0.3) is 0 Å². The fourth-order valence-corrected chi connectivity index (χ4v) is 2.52.